The molecular formula is C20H14F3N5O. The predicted molar refractivity (Wildman–Crippen MR) is 99.0 cm³/mol. The van der Waals surface area contributed by atoms with Crippen LogP contribution in [0.5, 0.6) is 0 Å². The first-order valence-electron chi connectivity index (χ1n) is 8.66. The van der Waals surface area contributed by atoms with Crippen LogP contribution in [-0.2, 0) is 6.18 Å². The Morgan fingerprint density at radius 1 is 1.24 bits per heavy atom. The standard InChI is InChI=1S/C20H14F3N5O/c21-20(22,23)16-7-13(6-5-12(16)8-24)27-19(29)26-10-18-15-4-2-1-3-14(15)17-9-25-11-28(17)18/h1-7,9,11,18H,10H2,(H2,26,27,29). The van der Waals surface area contributed by atoms with E-state index in [-0.39, 0.29) is 18.3 Å². The molecule has 9 heteroatoms. The number of alkyl halides is 3. The molecule has 3 aromatic rings. The molecule has 1 unspecified atom stereocenters. The van der Waals surface area contributed by atoms with Gasteiger partial charge in [-0.3, -0.25) is 0 Å². The van der Waals surface area contributed by atoms with Gasteiger partial charge in [0.25, 0.3) is 0 Å². The highest BCUT2D eigenvalue weighted by molar-refractivity contribution is 5.89. The Labute approximate surface area is 163 Å². The largest absolute Gasteiger partial charge is 0.417 e. The van der Waals surface area contributed by atoms with Crippen molar-refractivity contribution in [1.82, 2.24) is 14.9 Å². The Morgan fingerprint density at radius 2 is 2.03 bits per heavy atom. The zero-order valence-corrected chi connectivity index (χ0v) is 14.9. The van der Waals surface area contributed by atoms with Crippen LogP contribution >= 0.6 is 0 Å². The maximum absolute atomic E-state index is 13.1. The molecule has 2 amide bonds. The fourth-order valence-electron chi connectivity index (χ4n) is 3.46. The number of fused-ring (bicyclic) bond motifs is 3. The Morgan fingerprint density at radius 3 is 2.79 bits per heavy atom. The molecule has 1 aliphatic heterocycles. The van der Waals surface area contributed by atoms with Crippen LogP contribution in [0.2, 0.25) is 0 Å². The van der Waals surface area contributed by atoms with Crippen LogP contribution < -0.4 is 10.6 Å². The summed E-state index contributed by atoms with van der Waals surface area (Å²) in [6, 6.07) is 11.5. The number of carbonyl (C=O) groups is 1. The van der Waals surface area contributed by atoms with E-state index in [0.717, 1.165) is 29.0 Å². The van der Waals surface area contributed by atoms with E-state index in [1.54, 1.807) is 12.5 Å². The van der Waals surface area contributed by atoms with Crippen LogP contribution in [0.4, 0.5) is 23.7 Å². The summed E-state index contributed by atoms with van der Waals surface area (Å²) in [5, 5.41) is 13.9. The van der Waals surface area contributed by atoms with Crippen molar-refractivity contribution in [1.29, 1.82) is 5.26 Å². The predicted octanol–water partition coefficient (Wildman–Crippen LogP) is 4.17. The molecule has 146 valence electrons. The molecule has 1 aromatic heterocycles. The summed E-state index contributed by atoms with van der Waals surface area (Å²) in [4.78, 5) is 16.4. The number of imidazole rings is 1. The molecule has 0 aliphatic carbocycles. The number of amides is 2. The minimum atomic E-state index is -4.69. The van der Waals surface area contributed by atoms with E-state index < -0.39 is 23.3 Å². The van der Waals surface area contributed by atoms with Crippen molar-refractivity contribution in [2.45, 2.75) is 12.2 Å². The van der Waals surface area contributed by atoms with Gasteiger partial charge in [0, 0.05) is 17.8 Å². The first-order chi connectivity index (χ1) is 13.9. The van der Waals surface area contributed by atoms with Crippen molar-refractivity contribution >= 4 is 11.7 Å². The van der Waals surface area contributed by atoms with Crippen LogP contribution in [-0.4, -0.2) is 22.1 Å². The van der Waals surface area contributed by atoms with Crippen molar-refractivity contribution in [3.63, 3.8) is 0 Å². The zero-order chi connectivity index (χ0) is 20.6. The summed E-state index contributed by atoms with van der Waals surface area (Å²) >= 11 is 0. The second kappa shape index (κ2) is 6.98. The molecule has 1 atom stereocenters. The number of nitrogens with zero attached hydrogens (tertiary/aromatic N) is 3. The van der Waals surface area contributed by atoms with Gasteiger partial charge in [0.05, 0.1) is 41.5 Å². The summed E-state index contributed by atoms with van der Waals surface area (Å²) < 4.78 is 41.1. The molecule has 2 heterocycles. The van der Waals surface area contributed by atoms with E-state index in [9.17, 15) is 18.0 Å². The quantitative estimate of drug-likeness (QED) is 0.696. The molecule has 29 heavy (non-hydrogen) atoms. The number of hydrogen-bond donors (Lipinski definition) is 2. The summed E-state index contributed by atoms with van der Waals surface area (Å²) in [6.07, 6.45) is -1.27. The summed E-state index contributed by atoms with van der Waals surface area (Å²) in [7, 11) is 0. The minimum Gasteiger partial charge on any atom is -0.335 e. The fourth-order valence-corrected chi connectivity index (χ4v) is 3.46. The second-order valence-electron chi connectivity index (χ2n) is 6.49. The molecule has 0 fully saturated rings. The Balaban J connectivity index is 1.48. The average Bonchev–Trinajstić information content (AvgIpc) is 3.27. The monoisotopic (exact) mass is 397 g/mol. The topological polar surface area (TPSA) is 82.7 Å². The number of aromatic nitrogens is 2. The summed E-state index contributed by atoms with van der Waals surface area (Å²) in [5.74, 6) is 0. The molecular weight excluding hydrogens is 383 g/mol. The van der Waals surface area contributed by atoms with Crippen LogP contribution in [0.1, 0.15) is 22.7 Å². The van der Waals surface area contributed by atoms with Gasteiger partial charge in [-0.25, -0.2) is 9.78 Å². The lowest BCUT2D eigenvalue weighted by molar-refractivity contribution is -0.137. The lowest BCUT2D eigenvalue weighted by Gasteiger charge is -2.16. The van der Waals surface area contributed by atoms with Gasteiger partial charge in [-0.2, -0.15) is 18.4 Å². The van der Waals surface area contributed by atoms with Crippen molar-refractivity contribution in [2.75, 3.05) is 11.9 Å². The van der Waals surface area contributed by atoms with Crippen LogP contribution in [0, 0.1) is 11.3 Å². The molecule has 2 aromatic carbocycles. The molecule has 0 spiro atoms. The third kappa shape index (κ3) is 3.40. The number of hydrogen-bond acceptors (Lipinski definition) is 3. The van der Waals surface area contributed by atoms with Gasteiger partial charge in [-0.05, 0) is 23.8 Å². The van der Waals surface area contributed by atoms with Crippen molar-refractivity contribution in [3.05, 3.63) is 71.7 Å². The smallest absolute Gasteiger partial charge is 0.335 e. The lowest BCUT2D eigenvalue weighted by Crippen LogP contribution is -2.33. The van der Waals surface area contributed by atoms with Gasteiger partial charge in [-0.1, -0.05) is 24.3 Å². The van der Waals surface area contributed by atoms with E-state index >= 15 is 0 Å². The second-order valence-corrected chi connectivity index (χ2v) is 6.49. The zero-order valence-electron chi connectivity index (χ0n) is 14.9. The van der Waals surface area contributed by atoms with Crippen LogP contribution in [0.3, 0.4) is 0 Å². The molecule has 0 saturated carbocycles. The third-order valence-corrected chi connectivity index (χ3v) is 4.76. The average molecular weight is 397 g/mol. The first kappa shape index (κ1) is 18.6. The number of benzene rings is 2. The lowest BCUT2D eigenvalue weighted by atomic mass is 10.0. The number of anilines is 1. The SMILES string of the molecule is N#Cc1ccc(NC(=O)NCC2c3ccccc3-c3cncn32)cc1C(F)(F)F. The molecule has 0 saturated heterocycles. The van der Waals surface area contributed by atoms with Crippen LogP contribution in [0.25, 0.3) is 11.3 Å². The maximum atomic E-state index is 13.1. The first-order valence-corrected chi connectivity index (χ1v) is 8.66. The normalized spacial score (nSPS) is 14.6. The van der Waals surface area contributed by atoms with E-state index in [0.29, 0.717) is 0 Å². The van der Waals surface area contributed by atoms with Gasteiger partial charge in [0.15, 0.2) is 0 Å². The van der Waals surface area contributed by atoms with Gasteiger partial charge < -0.3 is 15.2 Å². The van der Waals surface area contributed by atoms with Crippen molar-refractivity contribution < 1.29 is 18.0 Å². The van der Waals surface area contributed by atoms with Gasteiger partial charge in [0.1, 0.15) is 0 Å². The van der Waals surface area contributed by atoms with E-state index in [2.05, 4.69) is 15.6 Å². The number of rotatable bonds is 3. The minimum absolute atomic E-state index is 0.0519. The number of nitriles is 1. The van der Waals surface area contributed by atoms with Crippen LogP contribution in [0.15, 0.2) is 55.0 Å². The van der Waals surface area contributed by atoms with Crippen molar-refractivity contribution in [3.8, 4) is 17.3 Å². The highest BCUT2D eigenvalue weighted by atomic mass is 19.4. The van der Waals surface area contributed by atoms with Crippen molar-refractivity contribution in [2.24, 2.45) is 0 Å². The molecule has 0 radical (unpaired) electrons. The molecule has 6 nitrogen and oxygen atoms in total. The van der Waals surface area contributed by atoms with E-state index in [1.807, 2.05) is 28.8 Å². The summed E-state index contributed by atoms with van der Waals surface area (Å²) in [6.45, 7) is 0.231. The third-order valence-electron chi connectivity index (χ3n) is 4.76. The molecule has 1 aliphatic rings. The number of carbonyl (C=O) groups excluding carboxylic acids is 1. The number of nitrogens with one attached hydrogen (secondary N) is 2. The number of halogens is 3. The Hall–Kier alpha value is -3.80. The maximum Gasteiger partial charge on any atom is 0.417 e. The highest BCUT2D eigenvalue weighted by Crippen LogP contribution is 2.38. The van der Waals surface area contributed by atoms with Gasteiger partial charge in [0.2, 0.25) is 0 Å². The molecule has 4 rings (SSSR count). The van der Waals surface area contributed by atoms with E-state index in [1.165, 1.54) is 12.1 Å². The van der Waals surface area contributed by atoms with Gasteiger partial charge in [-0.15, -0.1) is 0 Å². The van der Waals surface area contributed by atoms with E-state index in [4.69, 9.17) is 5.26 Å². The summed E-state index contributed by atoms with van der Waals surface area (Å²) in [5.41, 5.74) is 1.35. The highest BCUT2D eigenvalue weighted by Gasteiger charge is 2.34. The molecule has 0 bridgehead atoms. The fraction of sp³-hybridized carbons (Fsp3) is 0.150. The Kier molecular flexibility index (Phi) is 4.47. The van der Waals surface area contributed by atoms with Gasteiger partial charge >= 0.3 is 12.2 Å². The molecule has 2 N–H and O–H groups in total. The Bertz CT molecular complexity index is 1130. The number of urea groups is 1.